The maximum atomic E-state index is 9.19. The summed E-state index contributed by atoms with van der Waals surface area (Å²) in [6.07, 6.45) is 0. The van der Waals surface area contributed by atoms with Crippen LogP contribution in [-0.2, 0) is 6.61 Å². The van der Waals surface area contributed by atoms with Gasteiger partial charge in [-0.2, -0.15) is 0 Å². The number of hydrogen-bond acceptors (Lipinski definition) is 3. The summed E-state index contributed by atoms with van der Waals surface area (Å²) in [5, 5.41) is 10.3. The highest BCUT2D eigenvalue weighted by Gasteiger charge is 2.06. The van der Waals surface area contributed by atoms with Crippen molar-refractivity contribution in [2.24, 2.45) is 0 Å². The smallest absolute Gasteiger partial charge is 0.146 e. The molecule has 0 radical (unpaired) electrons. The molecule has 1 heterocycles. The monoisotopic (exact) mass is 254 g/mol. The van der Waals surface area contributed by atoms with Gasteiger partial charge in [-0.15, -0.1) is 0 Å². The summed E-state index contributed by atoms with van der Waals surface area (Å²) >= 11 is 0. The number of ether oxygens (including phenoxy) is 1. The lowest BCUT2D eigenvalue weighted by molar-refractivity contribution is 0.274. The van der Waals surface area contributed by atoms with Gasteiger partial charge in [0.05, 0.1) is 0 Å². The van der Waals surface area contributed by atoms with Crippen LogP contribution in [0.15, 0.2) is 52.9 Å². The van der Waals surface area contributed by atoms with Gasteiger partial charge in [0.15, 0.2) is 0 Å². The normalized spacial score (nSPS) is 10.8. The number of aromatic hydroxyl groups is 1. The SMILES string of the molecule is Cc1cccc2oc(COc3ccc(O)cc3)cc12. The Kier molecular flexibility index (Phi) is 2.88. The molecule has 3 aromatic rings. The molecule has 96 valence electrons. The summed E-state index contributed by atoms with van der Waals surface area (Å²) in [5.41, 5.74) is 2.07. The molecule has 0 bridgehead atoms. The van der Waals surface area contributed by atoms with Crippen molar-refractivity contribution in [1.29, 1.82) is 0 Å². The minimum atomic E-state index is 0.228. The van der Waals surface area contributed by atoms with E-state index in [-0.39, 0.29) is 5.75 Å². The Hall–Kier alpha value is -2.42. The second kappa shape index (κ2) is 4.69. The Morgan fingerprint density at radius 2 is 1.89 bits per heavy atom. The largest absolute Gasteiger partial charge is 0.508 e. The van der Waals surface area contributed by atoms with Crippen molar-refractivity contribution < 1.29 is 14.3 Å². The van der Waals surface area contributed by atoms with E-state index in [9.17, 15) is 5.11 Å². The molecule has 0 spiro atoms. The summed E-state index contributed by atoms with van der Waals surface area (Å²) in [6.45, 7) is 2.43. The summed E-state index contributed by atoms with van der Waals surface area (Å²) in [6, 6.07) is 14.6. The van der Waals surface area contributed by atoms with E-state index in [1.54, 1.807) is 24.3 Å². The standard InChI is InChI=1S/C16H14O3/c1-11-3-2-4-16-15(11)9-14(19-16)10-18-13-7-5-12(17)6-8-13/h2-9,17H,10H2,1H3. The molecule has 0 atom stereocenters. The first-order valence-corrected chi connectivity index (χ1v) is 6.12. The van der Waals surface area contributed by atoms with Gasteiger partial charge < -0.3 is 14.3 Å². The van der Waals surface area contributed by atoms with Crippen molar-refractivity contribution in [3.63, 3.8) is 0 Å². The highest BCUT2D eigenvalue weighted by molar-refractivity contribution is 5.81. The Bertz CT molecular complexity index is 696. The van der Waals surface area contributed by atoms with Crippen LogP contribution in [0, 0.1) is 6.92 Å². The van der Waals surface area contributed by atoms with Crippen molar-refractivity contribution in [2.75, 3.05) is 0 Å². The average Bonchev–Trinajstić information content (AvgIpc) is 2.83. The zero-order valence-corrected chi connectivity index (χ0v) is 10.6. The van der Waals surface area contributed by atoms with Gasteiger partial charge in [0, 0.05) is 5.39 Å². The average molecular weight is 254 g/mol. The second-order valence-electron chi connectivity index (χ2n) is 4.48. The van der Waals surface area contributed by atoms with Gasteiger partial charge in [0.25, 0.3) is 0 Å². The van der Waals surface area contributed by atoms with Crippen LogP contribution in [0.5, 0.6) is 11.5 Å². The molecular formula is C16H14O3. The molecule has 0 saturated carbocycles. The van der Waals surface area contributed by atoms with Crippen molar-refractivity contribution in [1.82, 2.24) is 0 Å². The summed E-state index contributed by atoms with van der Waals surface area (Å²) < 4.78 is 11.3. The van der Waals surface area contributed by atoms with Crippen molar-refractivity contribution in [3.8, 4) is 11.5 Å². The van der Waals surface area contributed by atoms with Crippen molar-refractivity contribution in [2.45, 2.75) is 13.5 Å². The number of fused-ring (bicyclic) bond motifs is 1. The summed E-state index contributed by atoms with van der Waals surface area (Å²) in [4.78, 5) is 0. The van der Waals surface area contributed by atoms with Crippen LogP contribution in [0.3, 0.4) is 0 Å². The topological polar surface area (TPSA) is 42.6 Å². The number of phenols is 1. The summed E-state index contributed by atoms with van der Waals surface area (Å²) in [7, 11) is 0. The van der Waals surface area contributed by atoms with Crippen molar-refractivity contribution in [3.05, 3.63) is 59.9 Å². The van der Waals surface area contributed by atoms with E-state index in [1.165, 1.54) is 5.56 Å². The van der Waals surface area contributed by atoms with Crippen LogP contribution in [0.2, 0.25) is 0 Å². The van der Waals surface area contributed by atoms with E-state index in [4.69, 9.17) is 9.15 Å². The number of aryl methyl sites for hydroxylation is 1. The van der Waals surface area contributed by atoms with Crippen LogP contribution < -0.4 is 4.74 Å². The lowest BCUT2D eigenvalue weighted by atomic mass is 10.1. The highest BCUT2D eigenvalue weighted by Crippen LogP contribution is 2.24. The first-order chi connectivity index (χ1) is 9.22. The number of phenolic OH excluding ortho intramolecular Hbond substituents is 1. The number of hydrogen-bond donors (Lipinski definition) is 1. The Morgan fingerprint density at radius 1 is 1.11 bits per heavy atom. The molecule has 0 fully saturated rings. The third-order valence-corrected chi connectivity index (χ3v) is 3.05. The van der Waals surface area contributed by atoms with E-state index >= 15 is 0 Å². The molecule has 0 amide bonds. The zero-order chi connectivity index (χ0) is 13.2. The number of benzene rings is 2. The molecule has 0 unspecified atom stereocenters. The molecule has 3 heteroatoms. The molecule has 3 rings (SSSR count). The fraction of sp³-hybridized carbons (Fsp3) is 0.125. The fourth-order valence-electron chi connectivity index (χ4n) is 2.03. The van der Waals surface area contributed by atoms with Crippen LogP contribution in [0.25, 0.3) is 11.0 Å². The first-order valence-electron chi connectivity index (χ1n) is 6.12. The molecule has 2 aromatic carbocycles. The fourth-order valence-corrected chi connectivity index (χ4v) is 2.03. The maximum absolute atomic E-state index is 9.19. The van der Waals surface area contributed by atoms with E-state index in [0.29, 0.717) is 12.4 Å². The molecule has 1 N–H and O–H groups in total. The van der Waals surface area contributed by atoms with E-state index in [0.717, 1.165) is 16.7 Å². The minimum absolute atomic E-state index is 0.228. The molecule has 0 aliphatic heterocycles. The van der Waals surface area contributed by atoms with E-state index in [2.05, 4.69) is 13.0 Å². The van der Waals surface area contributed by atoms with E-state index in [1.807, 2.05) is 18.2 Å². The molecule has 1 aromatic heterocycles. The van der Waals surface area contributed by atoms with E-state index < -0.39 is 0 Å². The van der Waals surface area contributed by atoms with Crippen LogP contribution in [0.4, 0.5) is 0 Å². The predicted octanol–water partition coefficient (Wildman–Crippen LogP) is 4.03. The van der Waals surface area contributed by atoms with Gasteiger partial charge in [-0.25, -0.2) is 0 Å². The van der Waals surface area contributed by atoms with Crippen LogP contribution in [0.1, 0.15) is 11.3 Å². The highest BCUT2D eigenvalue weighted by atomic mass is 16.5. The quantitative estimate of drug-likeness (QED) is 0.767. The third-order valence-electron chi connectivity index (χ3n) is 3.05. The van der Waals surface area contributed by atoms with Crippen LogP contribution in [-0.4, -0.2) is 5.11 Å². The van der Waals surface area contributed by atoms with Crippen molar-refractivity contribution >= 4 is 11.0 Å². The number of furan rings is 1. The Balaban J connectivity index is 1.78. The van der Waals surface area contributed by atoms with Gasteiger partial charge in [-0.1, -0.05) is 12.1 Å². The molecule has 0 aliphatic rings. The van der Waals surface area contributed by atoms with Gasteiger partial charge in [0.2, 0.25) is 0 Å². The molecule has 0 aliphatic carbocycles. The zero-order valence-electron chi connectivity index (χ0n) is 10.6. The maximum Gasteiger partial charge on any atom is 0.146 e. The molecule has 19 heavy (non-hydrogen) atoms. The molecular weight excluding hydrogens is 240 g/mol. The predicted molar refractivity (Wildman–Crippen MR) is 73.4 cm³/mol. The van der Waals surface area contributed by atoms with Gasteiger partial charge in [-0.05, 0) is 48.9 Å². The van der Waals surface area contributed by atoms with Gasteiger partial charge in [0.1, 0.15) is 29.4 Å². The lowest BCUT2D eigenvalue weighted by Crippen LogP contribution is -1.92. The molecule has 0 saturated heterocycles. The molecule has 3 nitrogen and oxygen atoms in total. The van der Waals surface area contributed by atoms with Gasteiger partial charge >= 0.3 is 0 Å². The van der Waals surface area contributed by atoms with Gasteiger partial charge in [-0.3, -0.25) is 0 Å². The number of rotatable bonds is 3. The Labute approximate surface area is 111 Å². The lowest BCUT2D eigenvalue weighted by Gasteiger charge is -2.03. The summed E-state index contributed by atoms with van der Waals surface area (Å²) in [5.74, 6) is 1.72. The third kappa shape index (κ3) is 2.40. The second-order valence-corrected chi connectivity index (χ2v) is 4.48. The Morgan fingerprint density at radius 3 is 2.63 bits per heavy atom. The first kappa shape index (κ1) is 11.7. The van der Waals surface area contributed by atoms with Crippen LogP contribution >= 0.6 is 0 Å². The minimum Gasteiger partial charge on any atom is -0.508 e.